The number of fused-ring (bicyclic) bond motifs is 1. The Hall–Kier alpha value is -3.65. The number of nitrogens with one attached hydrogen (secondary N) is 1. The van der Waals surface area contributed by atoms with Gasteiger partial charge in [0.1, 0.15) is 11.6 Å². The quantitative estimate of drug-likeness (QED) is 0.362. The first-order chi connectivity index (χ1) is 16.9. The fourth-order valence-corrected chi connectivity index (χ4v) is 4.04. The number of carbonyl (C=O) groups is 1. The van der Waals surface area contributed by atoms with Crippen LogP contribution in [-0.4, -0.2) is 38.2 Å². The minimum atomic E-state index is -0.261. The molecule has 4 rings (SSSR count). The summed E-state index contributed by atoms with van der Waals surface area (Å²) in [4.78, 5) is 25.4. The second kappa shape index (κ2) is 11.2. The molecule has 0 aliphatic heterocycles. The van der Waals surface area contributed by atoms with Crippen LogP contribution in [0.3, 0.4) is 0 Å². The highest BCUT2D eigenvalue weighted by atomic mass is 35.5. The number of hydrogen-bond donors (Lipinski definition) is 1. The summed E-state index contributed by atoms with van der Waals surface area (Å²) in [5.41, 5.74) is 1.82. The lowest BCUT2D eigenvalue weighted by Gasteiger charge is -2.11. The minimum absolute atomic E-state index is 0.0156. The molecule has 1 amide bonds. The Morgan fingerprint density at radius 3 is 2.54 bits per heavy atom. The smallest absolute Gasteiger partial charge is 0.300 e. The van der Waals surface area contributed by atoms with Crippen molar-refractivity contribution >= 4 is 23.2 Å². The fourth-order valence-electron chi connectivity index (χ4n) is 3.92. The average molecular weight is 494 g/mol. The zero-order chi connectivity index (χ0) is 24.8. The molecule has 2 aromatic carbocycles. The molecule has 9 heteroatoms. The maximum Gasteiger partial charge on any atom is 0.300 e. The number of aromatic nitrogens is 4. The number of ether oxygens (including phenoxy) is 1. The van der Waals surface area contributed by atoms with Gasteiger partial charge in [0.25, 0.3) is 0 Å². The molecule has 2 aromatic heterocycles. The third kappa shape index (κ3) is 6.08. The van der Waals surface area contributed by atoms with Crippen molar-refractivity contribution in [1.82, 2.24) is 24.5 Å². The molecule has 0 aliphatic carbocycles. The van der Waals surface area contributed by atoms with E-state index >= 15 is 0 Å². The zero-order valence-corrected chi connectivity index (χ0v) is 20.5. The predicted octanol–water partition coefficient (Wildman–Crippen LogP) is 3.86. The molecule has 8 nitrogen and oxygen atoms in total. The Labute approximate surface area is 208 Å². The third-order valence-corrected chi connectivity index (χ3v) is 5.93. The van der Waals surface area contributed by atoms with Crippen LogP contribution in [0.25, 0.3) is 11.3 Å². The van der Waals surface area contributed by atoms with E-state index in [-0.39, 0.29) is 23.0 Å². The topological polar surface area (TPSA) is 90.5 Å². The predicted molar refractivity (Wildman–Crippen MR) is 135 cm³/mol. The van der Waals surface area contributed by atoms with Crippen molar-refractivity contribution in [2.75, 3.05) is 13.2 Å². The molecule has 0 saturated carbocycles. The van der Waals surface area contributed by atoms with Crippen LogP contribution >= 0.6 is 11.6 Å². The second-order valence-corrected chi connectivity index (χ2v) is 8.89. The first-order valence-corrected chi connectivity index (χ1v) is 12.0. The maximum atomic E-state index is 13.0. The fraction of sp³-hybridized carbons (Fsp3) is 0.308. The van der Waals surface area contributed by atoms with Crippen LogP contribution in [-0.2, 0) is 17.6 Å². The Morgan fingerprint density at radius 1 is 1.09 bits per heavy atom. The van der Waals surface area contributed by atoms with Crippen molar-refractivity contribution in [3.8, 4) is 11.4 Å². The summed E-state index contributed by atoms with van der Waals surface area (Å²) in [6, 6.07) is 14.9. The Balaban J connectivity index is 1.36. The van der Waals surface area contributed by atoms with E-state index in [9.17, 15) is 9.59 Å². The molecule has 0 bridgehead atoms. The standard InChI is InChI=1S/C26H28ClN5O3/c1-3-35-22-10-8-21(9-11-22)31-14-15-32-23(29-30-25(32)26(31)34)16-18(2)17-24(33)28-13-12-19-4-6-20(27)7-5-19/h4-11,14-15,18H,3,12-13,16-17H2,1-2H3,(H,28,33)/t18-/m0/s1. The van der Waals surface area contributed by atoms with Gasteiger partial charge in [-0.1, -0.05) is 30.7 Å². The second-order valence-electron chi connectivity index (χ2n) is 8.45. The van der Waals surface area contributed by atoms with E-state index in [4.69, 9.17) is 16.3 Å². The normalized spacial score (nSPS) is 12.0. The van der Waals surface area contributed by atoms with Crippen molar-refractivity contribution in [3.63, 3.8) is 0 Å². The van der Waals surface area contributed by atoms with Gasteiger partial charge in [-0.25, -0.2) is 0 Å². The molecule has 0 radical (unpaired) electrons. The van der Waals surface area contributed by atoms with Crippen LogP contribution in [0.2, 0.25) is 5.02 Å². The summed E-state index contributed by atoms with van der Waals surface area (Å²) in [6.45, 7) is 5.05. The van der Waals surface area contributed by atoms with E-state index in [0.29, 0.717) is 42.5 Å². The molecule has 1 N–H and O–H groups in total. The van der Waals surface area contributed by atoms with Crippen molar-refractivity contribution < 1.29 is 9.53 Å². The highest BCUT2D eigenvalue weighted by molar-refractivity contribution is 6.30. The lowest BCUT2D eigenvalue weighted by Crippen LogP contribution is -2.27. The van der Waals surface area contributed by atoms with Gasteiger partial charge in [0.15, 0.2) is 0 Å². The van der Waals surface area contributed by atoms with Gasteiger partial charge in [0.2, 0.25) is 11.6 Å². The summed E-state index contributed by atoms with van der Waals surface area (Å²) in [5.74, 6) is 1.42. The summed E-state index contributed by atoms with van der Waals surface area (Å²) >= 11 is 5.90. The van der Waals surface area contributed by atoms with Gasteiger partial charge in [0.05, 0.1) is 6.61 Å². The number of benzene rings is 2. The number of nitrogens with zero attached hydrogens (tertiary/aromatic N) is 4. The molecule has 1 atom stereocenters. The lowest BCUT2D eigenvalue weighted by molar-refractivity contribution is -0.121. The highest BCUT2D eigenvalue weighted by Crippen LogP contribution is 2.16. The molecule has 0 saturated heterocycles. The van der Waals surface area contributed by atoms with Crippen LogP contribution < -0.4 is 15.6 Å². The first-order valence-electron chi connectivity index (χ1n) is 11.6. The molecule has 4 aromatic rings. The van der Waals surface area contributed by atoms with Gasteiger partial charge in [0, 0.05) is 42.5 Å². The molecule has 35 heavy (non-hydrogen) atoms. The van der Waals surface area contributed by atoms with Crippen LogP contribution in [0.15, 0.2) is 65.7 Å². The van der Waals surface area contributed by atoms with Crippen LogP contribution in [0, 0.1) is 5.92 Å². The SMILES string of the molecule is CCOc1ccc(-n2ccn3c(C[C@H](C)CC(=O)NCCc4ccc(Cl)cc4)nnc3c2=O)cc1. The van der Waals surface area contributed by atoms with Crippen molar-refractivity contribution in [3.05, 3.63) is 87.7 Å². The first kappa shape index (κ1) is 24.5. The zero-order valence-electron chi connectivity index (χ0n) is 19.8. The van der Waals surface area contributed by atoms with Crippen molar-refractivity contribution in [2.45, 2.75) is 33.1 Å². The summed E-state index contributed by atoms with van der Waals surface area (Å²) in [5, 5.41) is 12.0. The molecule has 182 valence electrons. The van der Waals surface area contributed by atoms with Crippen LogP contribution in [0.1, 0.15) is 31.7 Å². The Bertz CT molecular complexity index is 1350. The molecule has 0 fully saturated rings. The monoisotopic (exact) mass is 493 g/mol. The van der Waals surface area contributed by atoms with E-state index in [1.165, 1.54) is 4.57 Å². The number of rotatable bonds is 10. The minimum Gasteiger partial charge on any atom is -0.494 e. The molecule has 0 aliphatic rings. The molecule has 0 spiro atoms. The van der Waals surface area contributed by atoms with E-state index in [1.54, 1.807) is 16.8 Å². The van der Waals surface area contributed by atoms with Gasteiger partial charge >= 0.3 is 5.56 Å². The molecule has 2 heterocycles. The number of amides is 1. The number of carbonyl (C=O) groups excluding carboxylic acids is 1. The Morgan fingerprint density at radius 2 is 1.83 bits per heavy atom. The largest absolute Gasteiger partial charge is 0.494 e. The molecule has 0 unspecified atom stereocenters. The van der Waals surface area contributed by atoms with E-state index in [0.717, 1.165) is 17.7 Å². The van der Waals surface area contributed by atoms with Crippen LogP contribution in [0.4, 0.5) is 0 Å². The van der Waals surface area contributed by atoms with Gasteiger partial charge in [-0.2, -0.15) is 0 Å². The maximum absolute atomic E-state index is 13.0. The van der Waals surface area contributed by atoms with Gasteiger partial charge in [-0.05, 0) is 61.2 Å². The van der Waals surface area contributed by atoms with E-state index < -0.39 is 0 Å². The van der Waals surface area contributed by atoms with Gasteiger partial charge in [-0.15, -0.1) is 10.2 Å². The van der Waals surface area contributed by atoms with Gasteiger partial charge < -0.3 is 10.1 Å². The summed E-state index contributed by atoms with van der Waals surface area (Å²) < 4.78 is 8.69. The van der Waals surface area contributed by atoms with Crippen molar-refractivity contribution in [2.24, 2.45) is 5.92 Å². The molecular weight excluding hydrogens is 466 g/mol. The van der Waals surface area contributed by atoms with E-state index in [1.807, 2.05) is 62.4 Å². The van der Waals surface area contributed by atoms with Crippen molar-refractivity contribution in [1.29, 1.82) is 0 Å². The Kier molecular flexibility index (Phi) is 7.82. The van der Waals surface area contributed by atoms with Crippen LogP contribution in [0.5, 0.6) is 5.75 Å². The number of hydrogen-bond acceptors (Lipinski definition) is 5. The number of halogens is 1. The summed E-state index contributed by atoms with van der Waals surface area (Å²) in [7, 11) is 0. The van der Waals surface area contributed by atoms with Gasteiger partial charge in [-0.3, -0.25) is 18.6 Å². The molecular formula is C26H28ClN5O3. The summed E-state index contributed by atoms with van der Waals surface area (Å²) in [6.07, 6.45) is 5.11. The average Bonchev–Trinajstić information content (AvgIpc) is 3.25. The van der Waals surface area contributed by atoms with E-state index in [2.05, 4.69) is 15.5 Å². The lowest BCUT2D eigenvalue weighted by atomic mass is 10.0. The highest BCUT2D eigenvalue weighted by Gasteiger charge is 2.16. The third-order valence-electron chi connectivity index (χ3n) is 5.68.